The topological polar surface area (TPSA) is 0 Å². The summed E-state index contributed by atoms with van der Waals surface area (Å²) in [6.07, 6.45) is 5.02. The van der Waals surface area contributed by atoms with Crippen molar-refractivity contribution in [1.29, 1.82) is 0 Å². The number of unbranched alkanes of at least 4 members (excludes halogenated alkanes) is 3. The first-order valence-corrected chi connectivity index (χ1v) is 9.06. The third-order valence-corrected chi connectivity index (χ3v) is 4.03. The van der Waals surface area contributed by atoms with E-state index >= 15 is 0 Å². The molecule has 0 spiro atoms. The summed E-state index contributed by atoms with van der Waals surface area (Å²) in [5.41, 5.74) is 0. The number of hydrogen-bond donors (Lipinski definition) is 0. The van der Waals surface area contributed by atoms with Crippen LogP contribution in [0.2, 0.25) is 19.1 Å². The van der Waals surface area contributed by atoms with Gasteiger partial charge < -0.3 is 0 Å². The predicted molar refractivity (Wildman–Crippen MR) is 57.3 cm³/mol. The lowest BCUT2D eigenvalue weighted by Crippen LogP contribution is -2.14. The van der Waals surface area contributed by atoms with E-state index in [1.165, 1.54) is 25.3 Å². The van der Waals surface area contributed by atoms with Gasteiger partial charge in [0.15, 0.2) is 0 Å². The summed E-state index contributed by atoms with van der Waals surface area (Å²) in [5, 5.41) is 0. The molecule has 3 heteroatoms. The van der Waals surface area contributed by atoms with Crippen molar-refractivity contribution in [2.75, 3.05) is 5.88 Å². The molecule has 0 aliphatic carbocycles. The molecule has 0 amide bonds. The van der Waals surface area contributed by atoms with Gasteiger partial charge in [-0.05, 0) is 12.5 Å². The molecule has 0 aliphatic heterocycles. The first-order valence-electron chi connectivity index (χ1n) is 4.31. The Balaban J connectivity index is 3.02. The Kier molecular flexibility index (Phi) is 6.79. The third-order valence-electron chi connectivity index (χ3n) is 1.65. The average molecular weight is 213 g/mol. The van der Waals surface area contributed by atoms with E-state index in [1.807, 2.05) is 0 Å². The Hall–Kier alpha value is 0.797. The summed E-state index contributed by atoms with van der Waals surface area (Å²) in [6, 6.07) is 1.25. The Labute approximate surface area is 81.0 Å². The molecule has 0 atom stereocenters. The van der Waals surface area contributed by atoms with E-state index in [2.05, 4.69) is 13.1 Å². The lowest BCUT2D eigenvalue weighted by atomic mass is 10.2. The Bertz CT molecular complexity index is 88.6. The molecule has 68 valence electrons. The Morgan fingerprint density at radius 1 is 1.00 bits per heavy atom. The van der Waals surface area contributed by atoms with Crippen LogP contribution in [0.1, 0.15) is 25.7 Å². The number of halogens is 2. The van der Waals surface area contributed by atoms with Crippen molar-refractivity contribution in [3.63, 3.8) is 0 Å². The second-order valence-corrected chi connectivity index (χ2v) is 11.0. The predicted octanol–water partition coefficient (Wildman–Crippen LogP) is 4.23. The molecule has 0 unspecified atom stereocenters. The van der Waals surface area contributed by atoms with Crippen LogP contribution in [0.3, 0.4) is 0 Å². The van der Waals surface area contributed by atoms with E-state index in [4.69, 9.17) is 22.7 Å². The van der Waals surface area contributed by atoms with Gasteiger partial charge in [0.2, 0.25) is 0 Å². The smallest absolute Gasteiger partial charge is 0.150 e. The van der Waals surface area contributed by atoms with E-state index < -0.39 is 7.38 Å². The van der Waals surface area contributed by atoms with Gasteiger partial charge in [0, 0.05) is 5.88 Å². The Morgan fingerprint density at radius 2 is 1.55 bits per heavy atom. The van der Waals surface area contributed by atoms with E-state index in [1.54, 1.807) is 0 Å². The fraction of sp³-hybridized carbons (Fsp3) is 1.00. The quantitative estimate of drug-likeness (QED) is 0.268. The molecule has 0 N–H and O–H groups in total. The molecule has 0 aromatic carbocycles. The summed E-state index contributed by atoms with van der Waals surface area (Å²) < 4.78 is 0. The minimum atomic E-state index is -1.28. The first-order chi connectivity index (χ1) is 5.06. The summed E-state index contributed by atoms with van der Waals surface area (Å²) in [6.45, 7) is 4.41. The van der Waals surface area contributed by atoms with Crippen LogP contribution < -0.4 is 0 Å². The molecule has 0 aromatic rings. The standard InChI is InChI=1S/C8H18Cl2Si/c1-11(2,10)8-6-4-3-5-7-9/h3-8H2,1-2H3. The van der Waals surface area contributed by atoms with Gasteiger partial charge in [0.05, 0.1) is 0 Å². The highest BCUT2D eigenvalue weighted by atomic mass is 35.6. The second kappa shape index (κ2) is 6.33. The van der Waals surface area contributed by atoms with Crippen molar-refractivity contribution < 1.29 is 0 Å². The van der Waals surface area contributed by atoms with Crippen molar-refractivity contribution in [2.24, 2.45) is 0 Å². The van der Waals surface area contributed by atoms with Crippen LogP contribution in [0, 0.1) is 0 Å². The molecule has 0 fully saturated rings. The molecule has 0 saturated carbocycles. The fourth-order valence-corrected chi connectivity index (χ4v) is 2.67. The van der Waals surface area contributed by atoms with Crippen molar-refractivity contribution in [3.8, 4) is 0 Å². The van der Waals surface area contributed by atoms with Gasteiger partial charge in [-0.3, -0.25) is 0 Å². The summed E-state index contributed by atoms with van der Waals surface area (Å²) in [7, 11) is -1.28. The normalized spacial score (nSPS) is 12.0. The van der Waals surface area contributed by atoms with Gasteiger partial charge in [-0.2, -0.15) is 11.1 Å². The summed E-state index contributed by atoms with van der Waals surface area (Å²) >= 11 is 11.7. The average Bonchev–Trinajstić information content (AvgIpc) is 1.85. The lowest BCUT2D eigenvalue weighted by molar-refractivity contribution is 0.701. The van der Waals surface area contributed by atoms with Gasteiger partial charge in [0.1, 0.15) is 7.38 Å². The van der Waals surface area contributed by atoms with Gasteiger partial charge in [-0.25, -0.2) is 0 Å². The van der Waals surface area contributed by atoms with Crippen molar-refractivity contribution in [2.45, 2.75) is 44.8 Å². The minimum absolute atomic E-state index is 0.807. The SMILES string of the molecule is C[Si](C)(Cl)CCCCCCCl. The molecule has 0 saturated heterocycles. The fourth-order valence-electron chi connectivity index (χ4n) is 0.993. The van der Waals surface area contributed by atoms with Crippen LogP contribution in [-0.2, 0) is 0 Å². The maximum Gasteiger partial charge on any atom is 0.150 e. The van der Waals surface area contributed by atoms with Crippen LogP contribution in [0.25, 0.3) is 0 Å². The molecular formula is C8H18Cl2Si. The third kappa shape index (κ3) is 10.8. The number of rotatable bonds is 6. The zero-order chi connectivity index (χ0) is 8.74. The van der Waals surface area contributed by atoms with Crippen molar-refractivity contribution in [1.82, 2.24) is 0 Å². The molecule has 0 rings (SSSR count). The van der Waals surface area contributed by atoms with E-state index in [-0.39, 0.29) is 0 Å². The van der Waals surface area contributed by atoms with Crippen molar-refractivity contribution >= 4 is 30.1 Å². The molecule has 0 radical (unpaired) electrons. The number of hydrogen-bond acceptors (Lipinski definition) is 0. The maximum absolute atomic E-state index is 6.16. The number of alkyl halides is 1. The maximum atomic E-state index is 6.16. The van der Waals surface area contributed by atoms with E-state index in [0.717, 1.165) is 12.3 Å². The van der Waals surface area contributed by atoms with Crippen molar-refractivity contribution in [3.05, 3.63) is 0 Å². The van der Waals surface area contributed by atoms with Crippen LogP contribution >= 0.6 is 22.7 Å². The van der Waals surface area contributed by atoms with Crippen LogP contribution in [0.5, 0.6) is 0 Å². The molecular weight excluding hydrogens is 195 g/mol. The largest absolute Gasteiger partial charge is 0.168 e. The molecule has 0 heterocycles. The van der Waals surface area contributed by atoms with Gasteiger partial charge in [0.25, 0.3) is 0 Å². The van der Waals surface area contributed by atoms with Crippen LogP contribution in [0.4, 0.5) is 0 Å². The van der Waals surface area contributed by atoms with Gasteiger partial charge in [-0.1, -0.05) is 32.4 Å². The zero-order valence-electron chi connectivity index (χ0n) is 7.50. The second-order valence-electron chi connectivity index (χ2n) is 3.57. The molecule has 0 aliphatic rings. The molecule has 0 bridgehead atoms. The minimum Gasteiger partial charge on any atom is -0.168 e. The molecule has 0 aromatic heterocycles. The lowest BCUT2D eigenvalue weighted by Gasteiger charge is -2.11. The Morgan fingerprint density at radius 3 is 2.00 bits per heavy atom. The summed E-state index contributed by atoms with van der Waals surface area (Å²) in [4.78, 5) is 0. The zero-order valence-corrected chi connectivity index (χ0v) is 10.0. The van der Waals surface area contributed by atoms with Crippen LogP contribution in [0.15, 0.2) is 0 Å². The monoisotopic (exact) mass is 212 g/mol. The summed E-state index contributed by atoms with van der Waals surface area (Å²) in [5.74, 6) is 0.807. The highest BCUT2D eigenvalue weighted by Crippen LogP contribution is 2.18. The highest BCUT2D eigenvalue weighted by molar-refractivity contribution is 7.19. The van der Waals surface area contributed by atoms with E-state index in [0.29, 0.717) is 0 Å². The van der Waals surface area contributed by atoms with Crippen LogP contribution in [-0.4, -0.2) is 13.3 Å². The molecule has 11 heavy (non-hydrogen) atoms. The highest BCUT2D eigenvalue weighted by Gasteiger charge is 2.15. The molecule has 0 nitrogen and oxygen atoms in total. The van der Waals surface area contributed by atoms with E-state index in [9.17, 15) is 0 Å². The first kappa shape index (κ1) is 11.8. The van der Waals surface area contributed by atoms with Gasteiger partial charge >= 0.3 is 0 Å². The van der Waals surface area contributed by atoms with Gasteiger partial charge in [-0.15, -0.1) is 11.6 Å².